The smallest absolute Gasteiger partial charge is 0.309 e. The second kappa shape index (κ2) is 9.39. The van der Waals surface area contributed by atoms with Gasteiger partial charge < -0.3 is 14.8 Å². The van der Waals surface area contributed by atoms with Crippen molar-refractivity contribution in [3.8, 4) is 0 Å². The third-order valence-corrected chi connectivity index (χ3v) is 1.02. The maximum absolute atomic E-state index is 9.62. The number of carbonyl (C=O) groups excluding carboxylic acids is 1. The van der Waals surface area contributed by atoms with E-state index in [0.29, 0.717) is 33.0 Å². The zero-order valence-corrected chi connectivity index (χ0v) is 6.76. The molecule has 0 fully saturated rings. The minimum atomic E-state index is 0.510. The molecule has 0 saturated carbocycles. The molecule has 0 bridgehead atoms. The average Bonchev–Trinajstić information content (AvgIpc) is 2.03. The molecule has 0 spiro atoms. The molecule has 1 amide bonds. The number of hydrogen-bond donors (Lipinski definition) is 1. The van der Waals surface area contributed by atoms with Crippen LogP contribution in [0, 0.1) is 0 Å². The molecule has 0 saturated heterocycles. The first-order valence-electron chi connectivity index (χ1n) is 3.67. The predicted molar refractivity (Wildman–Crippen MR) is 41.0 cm³/mol. The van der Waals surface area contributed by atoms with Crippen LogP contribution in [-0.4, -0.2) is 39.4 Å². The molecule has 65 valence electrons. The van der Waals surface area contributed by atoms with Crippen LogP contribution in [0.15, 0.2) is 0 Å². The van der Waals surface area contributed by atoms with Gasteiger partial charge in [0.2, 0.25) is 0 Å². The van der Waals surface area contributed by atoms with Gasteiger partial charge in [-0.25, -0.2) is 0 Å². The normalized spacial score (nSPS) is 9.55. The maximum Gasteiger partial charge on any atom is 0.309 e. The van der Waals surface area contributed by atoms with E-state index in [1.54, 1.807) is 6.41 Å². The highest BCUT2D eigenvalue weighted by atomic mass is 16.5. The van der Waals surface area contributed by atoms with Gasteiger partial charge in [-0.1, -0.05) is 0 Å². The molecule has 0 aromatic heterocycles. The van der Waals surface area contributed by atoms with Gasteiger partial charge in [0.15, 0.2) is 0 Å². The first-order valence-corrected chi connectivity index (χ1v) is 3.67. The Morgan fingerprint density at radius 1 is 1.27 bits per heavy atom. The Morgan fingerprint density at radius 3 is 2.64 bits per heavy atom. The minimum absolute atomic E-state index is 0.510. The summed E-state index contributed by atoms with van der Waals surface area (Å²) in [7, 11) is 0. The van der Waals surface area contributed by atoms with Crippen molar-refractivity contribution in [2.45, 2.75) is 6.92 Å². The summed E-state index contributed by atoms with van der Waals surface area (Å²) < 4.78 is 10.1. The monoisotopic (exact) mass is 160 g/mol. The summed E-state index contributed by atoms with van der Waals surface area (Å²) in [6.45, 7) is 4.86. The molecule has 4 heteroatoms. The quantitative estimate of drug-likeness (QED) is 0.391. The van der Waals surface area contributed by atoms with E-state index in [9.17, 15) is 4.79 Å². The lowest BCUT2D eigenvalue weighted by molar-refractivity contribution is 0.0550. The number of amides is 1. The number of hydrogen-bond acceptors (Lipinski definition) is 3. The van der Waals surface area contributed by atoms with Crippen LogP contribution in [0.5, 0.6) is 0 Å². The third-order valence-electron chi connectivity index (χ3n) is 1.02. The van der Waals surface area contributed by atoms with Crippen molar-refractivity contribution in [3.05, 3.63) is 0 Å². The second-order valence-corrected chi connectivity index (χ2v) is 1.84. The molecule has 4 nitrogen and oxygen atoms in total. The number of ether oxygens (including phenoxy) is 2. The summed E-state index contributed by atoms with van der Waals surface area (Å²) >= 11 is 0. The Morgan fingerprint density at radius 2 is 2.00 bits per heavy atom. The fraction of sp³-hybridized carbons (Fsp3) is 0.857. The lowest BCUT2D eigenvalue weighted by Crippen LogP contribution is -2.18. The molecule has 0 aliphatic carbocycles. The first-order chi connectivity index (χ1) is 5.41. The summed E-state index contributed by atoms with van der Waals surface area (Å²) in [5.41, 5.74) is 0. The molecular formula is C7H14NO3. The van der Waals surface area contributed by atoms with Gasteiger partial charge in [0.05, 0.1) is 19.8 Å². The van der Waals surface area contributed by atoms with Crippen LogP contribution in [0.4, 0.5) is 0 Å². The zero-order chi connectivity index (χ0) is 8.36. The average molecular weight is 160 g/mol. The van der Waals surface area contributed by atoms with E-state index in [1.807, 2.05) is 6.92 Å². The van der Waals surface area contributed by atoms with E-state index in [0.717, 1.165) is 0 Å². The molecule has 0 unspecified atom stereocenters. The Balaban J connectivity index is 2.74. The van der Waals surface area contributed by atoms with Gasteiger partial charge in [0.1, 0.15) is 0 Å². The minimum Gasteiger partial charge on any atom is -0.379 e. The fourth-order valence-electron chi connectivity index (χ4n) is 0.538. The Kier molecular flexibility index (Phi) is 8.87. The Bertz CT molecular complexity index is 87.8. The maximum atomic E-state index is 9.62. The van der Waals surface area contributed by atoms with Gasteiger partial charge in [-0.15, -0.1) is 0 Å². The number of nitrogens with one attached hydrogen (secondary N) is 1. The van der Waals surface area contributed by atoms with Gasteiger partial charge in [-0.3, -0.25) is 4.79 Å². The van der Waals surface area contributed by atoms with Crippen molar-refractivity contribution >= 4 is 6.41 Å². The molecule has 1 N–H and O–H groups in total. The zero-order valence-electron chi connectivity index (χ0n) is 6.76. The van der Waals surface area contributed by atoms with Gasteiger partial charge >= 0.3 is 6.41 Å². The summed E-state index contributed by atoms with van der Waals surface area (Å²) in [6, 6.07) is 0. The van der Waals surface area contributed by atoms with Gasteiger partial charge in [0.25, 0.3) is 0 Å². The molecule has 0 aromatic rings. The van der Waals surface area contributed by atoms with Crippen molar-refractivity contribution in [1.29, 1.82) is 0 Å². The summed E-state index contributed by atoms with van der Waals surface area (Å²) in [5.74, 6) is 0. The number of rotatable bonds is 8. The van der Waals surface area contributed by atoms with Crippen LogP contribution in [0.1, 0.15) is 6.92 Å². The molecule has 0 atom stereocenters. The highest BCUT2D eigenvalue weighted by molar-refractivity contribution is 5.46. The van der Waals surface area contributed by atoms with Crippen LogP contribution < -0.4 is 5.32 Å². The molecule has 1 radical (unpaired) electrons. The van der Waals surface area contributed by atoms with E-state index in [4.69, 9.17) is 9.47 Å². The van der Waals surface area contributed by atoms with Crippen LogP contribution >= 0.6 is 0 Å². The Hall–Kier alpha value is -0.610. The van der Waals surface area contributed by atoms with Crippen molar-refractivity contribution in [3.63, 3.8) is 0 Å². The lowest BCUT2D eigenvalue weighted by atomic mass is 10.7. The molecule has 0 aliphatic heterocycles. The highest BCUT2D eigenvalue weighted by Crippen LogP contribution is 1.76. The first kappa shape index (κ1) is 10.4. The topological polar surface area (TPSA) is 47.6 Å². The molecule has 0 aromatic carbocycles. The van der Waals surface area contributed by atoms with E-state index in [1.165, 1.54) is 0 Å². The van der Waals surface area contributed by atoms with Crippen molar-refractivity contribution in [2.75, 3.05) is 33.0 Å². The summed E-state index contributed by atoms with van der Waals surface area (Å²) in [6.07, 6.45) is 1.56. The standard InChI is InChI=1S/C7H14NO3/c1-2-10-5-6-11-4-3-8-7-9/h2-6H2,1H3,(H,8,9). The van der Waals surface area contributed by atoms with E-state index >= 15 is 0 Å². The SMILES string of the molecule is CCOCCOCCN[C]=O. The van der Waals surface area contributed by atoms with Crippen molar-refractivity contribution in [2.24, 2.45) is 0 Å². The van der Waals surface area contributed by atoms with Crippen LogP contribution in [0.3, 0.4) is 0 Å². The van der Waals surface area contributed by atoms with E-state index in [-0.39, 0.29) is 0 Å². The molecule has 11 heavy (non-hydrogen) atoms. The van der Waals surface area contributed by atoms with Crippen LogP contribution in [0.25, 0.3) is 0 Å². The fourth-order valence-corrected chi connectivity index (χ4v) is 0.538. The van der Waals surface area contributed by atoms with Gasteiger partial charge in [-0.05, 0) is 6.92 Å². The molecule has 0 aliphatic rings. The highest BCUT2D eigenvalue weighted by Gasteiger charge is 1.87. The van der Waals surface area contributed by atoms with Crippen LogP contribution in [0.2, 0.25) is 0 Å². The van der Waals surface area contributed by atoms with Gasteiger partial charge in [0, 0.05) is 13.2 Å². The summed E-state index contributed by atoms with van der Waals surface area (Å²) in [5, 5.41) is 2.37. The van der Waals surface area contributed by atoms with E-state index in [2.05, 4.69) is 5.32 Å². The second-order valence-electron chi connectivity index (χ2n) is 1.84. The Labute approximate surface area is 66.9 Å². The molecular weight excluding hydrogens is 146 g/mol. The van der Waals surface area contributed by atoms with Crippen molar-refractivity contribution in [1.82, 2.24) is 5.32 Å². The molecule has 0 rings (SSSR count). The molecule has 0 heterocycles. The van der Waals surface area contributed by atoms with Crippen molar-refractivity contribution < 1.29 is 14.3 Å². The largest absolute Gasteiger partial charge is 0.379 e. The third kappa shape index (κ3) is 9.39. The predicted octanol–water partition coefficient (Wildman–Crippen LogP) is -0.304. The summed E-state index contributed by atoms with van der Waals surface area (Å²) in [4.78, 5) is 9.62. The van der Waals surface area contributed by atoms with Gasteiger partial charge in [-0.2, -0.15) is 0 Å². The van der Waals surface area contributed by atoms with E-state index < -0.39 is 0 Å². The lowest BCUT2D eigenvalue weighted by Gasteiger charge is -2.02. The van der Waals surface area contributed by atoms with Crippen LogP contribution in [-0.2, 0) is 14.3 Å².